The Balaban J connectivity index is 0.00000108. The molecule has 1 nitrogen and oxygen atoms in total. The van der Waals surface area contributed by atoms with Crippen LogP contribution in [0.5, 0.6) is 0 Å². The van der Waals surface area contributed by atoms with E-state index < -0.39 is 0 Å². The Kier molecular flexibility index (Phi) is 3.82. The van der Waals surface area contributed by atoms with E-state index in [0.29, 0.717) is 17.9 Å². The molecule has 0 fully saturated rings. The number of hydrogen-bond acceptors (Lipinski definition) is 1. The number of benzene rings is 1. The molecule has 2 aliphatic carbocycles. The lowest BCUT2D eigenvalue weighted by molar-refractivity contribution is 0.330. The predicted molar refractivity (Wildman–Crippen MR) is 75.2 cm³/mol. The second kappa shape index (κ2) is 5.01. The van der Waals surface area contributed by atoms with Crippen molar-refractivity contribution in [3.63, 3.8) is 0 Å². The van der Waals surface area contributed by atoms with Crippen LogP contribution in [-0.2, 0) is 6.42 Å². The van der Waals surface area contributed by atoms with Gasteiger partial charge in [-0.2, -0.15) is 0 Å². The quantitative estimate of drug-likeness (QED) is 0.769. The van der Waals surface area contributed by atoms with Crippen LogP contribution in [0.1, 0.15) is 23.5 Å². The highest BCUT2D eigenvalue weighted by molar-refractivity contribution is 6.30. The van der Waals surface area contributed by atoms with Gasteiger partial charge in [0, 0.05) is 17.0 Å². The Morgan fingerprint density at radius 3 is 2.94 bits per heavy atom. The van der Waals surface area contributed by atoms with Gasteiger partial charge < -0.3 is 5.32 Å². The van der Waals surface area contributed by atoms with Crippen molar-refractivity contribution in [1.82, 2.24) is 5.32 Å². The van der Waals surface area contributed by atoms with Gasteiger partial charge in [-0.25, -0.2) is 0 Å². The van der Waals surface area contributed by atoms with Gasteiger partial charge in [-0.1, -0.05) is 29.8 Å². The first-order valence-electron chi connectivity index (χ1n) is 5.92. The molecule has 2 aliphatic rings. The highest BCUT2D eigenvalue weighted by atomic mass is 35.5. The Morgan fingerprint density at radius 1 is 1.35 bits per heavy atom. The molecule has 3 heteroatoms. The average Bonchev–Trinajstić information content (AvgIpc) is 2.28. The minimum absolute atomic E-state index is 0. The predicted octanol–water partition coefficient (Wildman–Crippen LogP) is 3.57. The maximum atomic E-state index is 6.07. The molecule has 3 atom stereocenters. The van der Waals surface area contributed by atoms with Crippen molar-refractivity contribution < 1.29 is 0 Å². The van der Waals surface area contributed by atoms with Crippen molar-refractivity contribution in [3.8, 4) is 0 Å². The molecule has 0 unspecified atom stereocenters. The van der Waals surface area contributed by atoms with E-state index in [1.165, 1.54) is 11.1 Å². The summed E-state index contributed by atoms with van der Waals surface area (Å²) in [6.07, 6.45) is 6.97. The van der Waals surface area contributed by atoms with Gasteiger partial charge in [-0.15, -0.1) is 12.4 Å². The summed E-state index contributed by atoms with van der Waals surface area (Å²) in [5.41, 5.74) is 2.93. The molecule has 2 bridgehead atoms. The fourth-order valence-corrected chi connectivity index (χ4v) is 3.46. The van der Waals surface area contributed by atoms with Gasteiger partial charge in [0.1, 0.15) is 0 Å². The van der Waals surface area contributed by atoms with Crippen LogP contribution >= 0.6 is 24.0 Å². The van der Waals surface area contributed by atoms with Crippen LogP contribution in [-0.4, -0.2) is 13.1 Å². The zero-order valence-corrected chi connectivity index (χ0v) is 11.4. The van der Waals surface area contributed by atoms with Crippen LogP contribution in [0.2, 0.25) is 5.02 Å². The number of fused-ring (bicyclic) bond motifs is 4. The van der Waals surface area contributed by atoms with Crippen molar-refractivity contribution in [2.24, 2.45) is 5.92 Å². The fourth-order valence-electron chi connectivity index (χ4n) is 3.26. The van der Waals surface area contributed by atoms with Gasteiger partial charge in [-0.05, 0) is 49.1 Å². The zero-order valence-electron chi connectivity index (χ0n) is 9.82. The minimum atomic E-state index is 0. The third-order valence-electron chi connectivity index (χ3n) is 3.96. The number of allylic oxidation sites excluding steroid dienone is 1. The van der Waals surface area contributed by atoms with E-state index in [1.807, 2.05) is 6.07 Å². The number of nitrogens with one attached hydrogen (secondary N) is 1. The smallest absolute Gasteiger partial charge is 0.0408 e. The number of likely N-dealkylation sites (N-methyl/N-ethyl adjacent to an activating group) is 1. The highest BCUT2D eigenvalue weighted by Crippen LogP contribution is 2.41. The van der Waals surface area contributed by atoms with Crippen molar-refractivity contribution in [3.05, 3.63) is 46.5 Å². The van der Waals surface area contributed by atoms with Crippen LogP contribution < -0.4 is 5.32 Å². The summed E-state index contributed by atoms with van der Waals surface area (Å²) in [6.45, 7) is 0. The van der Waals surface area contributed by atoms with Gasteiger partial charge in [0.15, 0.2) is 0 Å². The maximum absolute atomic E-state index is 6.07. The monoisotopic (exact) mass is 269 g/mol. The van der Waals surface area contributed by atoms with Gasteiger partial charge in [0.2, 0.25) is 0 Å². The van der Waals surface area contributed by atoms with Crippen LogP contribution in [0.15, 0.2) is 30.4 Å². The van der Waals surface area contributed by atoms with Gasteiger partial charge in [-0.3, -0.25) is 0 Å². The van der Waals surface area contributed by atoms with Crippen LogP contribution in [0, 0.1) is 5.92 Å². The summed E-state index contributed by atoms with van der Waals surface area (Å²) in [5, 5.41) is 4.34. The van der Waals surface area contributed by atoms with E-state index in [0.717, 1.165) is 17.9 Å². The van der Waals surface area contributed by atoms with Crippen LogP contribution in [0.3, 0.4) is 0 Å². The average molecular weight is 270 g/mol. The molecule has 1 N–H and O–H groups in total. The molecule has 0 saturated carbocycles. The molecule has 17 heavy (non-hydrogen) atoms. The lowest BCUT2D eigenvalue weighted by atomic mass is 9.69. The normalized spacial score (nSPS) is 29.4. The SMILES string of the molecule is CN[C@@H]1[C@@H]2C=CC[C@H]1c1ccc(Cl)cc1C2.Cl. The molecule has 0 radical (unpaired) electrons. The Labute approximate surface area is 114 Å². The lowest BCUT2D eigenvalue weighted by Gasteiger charge is -2.40. The van der Waals surface area contributed by atoms with E-state index >= 15 is 0 Å². The number of halogens is 2. The molecule has 0 aliphatic heterocycles. The molecule has 0 spiro atoms. The molecule has 0 saturated heterocycles. The van der Waals surface area contributed by atoms with E-state index in [2.05, 4.69) is 36.6 Å². The number of rotatable bonds is 1. The maximum Gasteiger partial charge on any atom is 0.0408 e. The first kappa shape index (κ1) is 12.9. The lowest BCUT2D eigenvalue weighted by Crippen LogP contribution is -2.44. The largest absolute Gasteiger partial charge is 0.316 e. The minimum Gasteiger partial charge on any atom is -0.316 e. The summed E-state index contributed by atoms with van der Waals surface area (Å²) in [5.74, 6) is 1.26. The number of hydrogen-bond donors (Lipinski definition) is 1. The Hall–Kier alpha value is -0.500. The Morgan fingerprint density at radius 2 is 2.18 bits per heavy atom. The van der Waals surface area contributed by atoms with Crippen LogP contribution in [0.4, 0.5) is 0 Å². The molecule has 1 aromatic rings. The van der Waals surface area contributed by atoms with Crippen molar-refractivity contribution >= 4 is 24.0 Å². The van der Waals surface area contributed by atoms with E-state index in [1.54, 1.807) is 0 Å². The summed E-state index contributed by atoms with van der Waals surface area (Å²) in [6, 6.07) is 6.97. The zero-order chi connectivity index (χ0) is 11.1. The van der Waals surface area contributed by atoms with Crippen molar-refractivity contribution in [2.45, 2.75) is 24.8 Å². The molecular weight excluding hydrogens is 253 g/mol. The second-order valence-corrected chi connectivity index (χ2v) is 5.23. The molecule has 3 rings (SSSR count). The Bertz CT molecular complexity index is 442. The fraction of sp³-hybridized carbons (Fsp3) is 0.429. The van der Waals surface area contributed by atoms with Crippen molar-refractivity contribution in [1.29, 1.82) is 0 Å². The van der Waals surface area contributed by atoms with Crippen molar-refractivity contribution in [2.75, 3.05) is 7.05 Å². The van der Waals surface area contributed by atoms with E-state index in [9.17, 15) is 0 Å². The third-order valence-corrected chi connectivity index (χ3v) is 4.20. The first-order chi connectivity index (χ1) is 7.79. The summed E-state index contributed by atoms with van der Waals surface area (Å²) < 4.78 is 0. The molecule has 1 aromatic carbocycles. The standard InChI is InChI=1S/C14H16ClN.ClH/c1-16-14-9-3-2-4-13(14)12-6-5-11(15)8-10(12)7-9;/h2-3,5-6,8-9,13-14,16H,4,7H2,1H3;1H/t9-,13+,14-;/m1./s1. The highest BCUT2D eigenvalue weighted by Gasteiger charge is 2.35. The van der Waals surface area contributed by atoms with Crippen LogP contribution in [0.25, 0.3) is 0 Å². The topological polar surface area (TPSA) is 12.0 Å². The van der Waals surface area contributed by atoms with Gasteiger partial charge in [0.05, 0.1) is 0 Å². The molecule has 0 aromatic heterocycles. The van der Waals surface area contributed by atoms with E-state index in [-0.39, 0.29) is 12.4 Å². The molecule has 0 amide bonds. The van der Waals surface area contributed by atoms with Gasteiger partial charge in [0.25, 0.3) is 0 Å². The summed E-state index contributed by atoms with van der Waals surface area (Å²) >= 11 is 6.07. The molecular formula is C14H17Cl2N. The summed E-state index contributed by atoms with van der Waals surface area (Å²) in [7, 11) is 2.07. The first-order valence-corrected chi connectivity index (χ1v) is 6.29. The second-order valence-electron chi connectivity index (χ2n) is 4.80. The van der Waals surface area contributed by atoms with E-state index in [4.69, 9.17) is 11.6 Å². The molecule has 0 heterocycles. The third kappa shape index (κ3) is 2.12. The summed E-state index contributed by atoms with van der Waals surface area (Å²) in [4.78, 5) is 0. The molecule has 92 valence electrons. The van der Waals surface area contributed by atoms with Gasteiger partial charge >= 0.3 is 0 Å².